The average Bonchev–Trinajstić information content (AvgIpc) is 3.07. The van der Waals surface area contributed by atoms with Gasteiger partial charge in [-0.2, -0.15) is 0 Å². The molecule has 1 aromatic heterocycles. The second-order valence-corrected chi connectivity index (χ2v) is 7.01. The van der Waals surface area contributed by atoms with E-state index in [-0.39, 0.29) is 5.91 Å². The van der Waals surface area contributed by atoms with Crippen LogP contribution in [0.15, 0.2) is 53.2 Å². The number of aliphatic imine (C=N–C) groups is 1. The summed E-state index contributed by atoms with van der Waals surface area (Å²) in [6.45, 7) is 0.814. The molecule has 0 saturated carbocycles. The Labute approximate surface area is 140 Å². The smallest absolute Gasteiger partial charge is 0.277 e. The summed E-state index contributed by atoms with van der Waals surface area (Å²) in [5.74, 6) is 1.02. The first-order valence-electron chi connectivity index (χ1n) is 8.08. The number of amides is 1. The molecule has 2 aliphatic rings. The largest absolute Gasteiger partial charge is 0.295 e. The van der Waals surface area contributed by atoms with Gasteiger partial charge in [-0.3, -0.25) is 9.69 Å². The van der Waals surface area contributed by atoms with Gasteiger partial charge in [0, 0.05) is 22.7 Å². The van der Waals surface area contributed by atoms with E-state index in [0.717, 1.165) is 36.5 Å². The first-order chi connectivity index (χ1) is 11.3. The summed E-state index contributed by atoms with van der Waals surface area (Å²) >= 11 is 1.70. The zero-order valence-electron chi connectivity index (χ0n) is 12.9. The third-order valence-corrected chi connectivity index (χ3v) is 5.35. The predicted octanol–water partition coefficient (Wildman–Crippen LogP) is 4.57. The molecule has 1 saturated heterocycles. The average molecular weight is 322 g/mol. The van der Waals surface area contributed by atoms with Crippen molar-refractivity contribution in [3.8, 4) is 10.4 Å². The second kappa shape index (κ2) is 6.13. The number of hydrogen-bond donors (Lipinski definition) is 0. The Bertz CT molecular complexity index is 789. The highest BCUT2D eigenvalue weighted by Gasteiger charge is 2.30. The lowest BCUT2D eigenvalue weighted by Crippen LogP contribution is -2.31. The maximum Gasteiger partial charge on any atom is 0.277 e. The highest BCUT2D eigenvalue weighted by Crippen LogP contribution is 2.31. The molecule has 1 fully saturated rings. The quantitative estimate of drug-likeness (QED) is 0.745. The summed E-state index contributed by atoms with van der Waals surface area (Å²) in [5, 5.41) is 0. The van der Waals surface area contributed by atoms with E-state index in [0.29, 0.717) is 5.70 Å². The van der Waals surface area contributed by atoms with Crippen LogP contribution < -0.4 is 0 Å². The molecule has 0 radical (unpaired) electrons. The summed E-state index contributed by atoms with van der Waals surface area (Å²) in [6, 6.07) is 14.5. The molecule has 3 nitrogen and oxygen atoms in total. The molecule has 2 aromatic rings. The second-order valence-electron chi connectivity index (χ2n) is 5.89. The fraction of sp³-hybridized carbons (Fsp3) is 0.263. The fourth-order valence-electron chi connectivity index (χ4n) is 3.07. The van der Waals surface area contributed by atoms with Crippen LogP contribution in [0.4, 0.5) is 0 Å². The van der Waals surface area contributed by atoms with Crippen molar-refractivity contribution in [2.45, 2.75) is 25.7 Å². The Morgan fingerprint density at radius 3 is 2.78 bits per heavy atom. The molecular formula is C19H18N2OS. The highest BCUT2D eigenvalue weighted by molar-refractivity contribution is 7.16. The molecule has 116 valence electrons. The lowest BCUT2D eigenvalue weighted by atomic mass is 10.2. The van der Waals surface area contributed by atoms with Gasteiger partial charge >= 0.3 is 0 Å². The minimum absolute atomic E-state index is 0.0663. The van der Waals surface area contributed by atoms with E-state index in [4.69, 9.17) is 0 Å². The fourth-order valence-corrected chi connectivity index (χ4v) is 4.02. The molecule has 2 aliphatic heterocycles. The Balaban J connectivity index is 1.61. The van der Waals surface area contributed by atoms with Crippen LogP contribution in [0, 0.1) is 0 Å². The number of thiophene rings is 1. The topological polar surface area (TPSA) is 32.7 Å². The Hall–Kier alpha value is -2.20. The van der Waals surface area contributed by atoms with Crippen LogP contribution >= 0.6 is 11.3 Å². The van der Waals surface area contributed by atoms with E-state index >= 15 is 0 Å². The summed E-state index contributed by atoms with van der Waals surface area (Å²) in [5.41, 5.74) is 1.79. The van der Waals surface area contributed by atoms with Crippen molar-refractivity contribution in [2.75, 3.05) is 6.54 Å². The van der Waals surface area contributed by atoms with Gasteiger partial charge in [-0.1, -0.05) is 36.8 Å². The van der Waals surface area contributed by atoms with Gasteiger partial charge < -0.3 is 0 Å². The molecular weight excluding hydrogens is 304 g/mol. The molecule has 4 rings (SSSR count). The highest BCUT2D eigenvalue weighted by atomic mass is 32.1. The number of hydrogen-bond acceptors (Lipinski definition) is 3. The molecule has 4 heteroatoms. The van der Waals surface area contributed by atoms with Crippen molar-refractivity contribution in [2.24, 2.45) is 4.99 Å². The number of amidine groups is 1. The molecule has 1 aromatic carbocycles. The van der Waals surface area contributed by atoms with E-state index in [1.165, 1.54) is 16.9 Å². The van der Waals surface area contributed by atoms with Gasteiger partial charge in [0.05, 0.1) is 0 Å². The minimum Gasteiger partial charge on any atom is -0.295 e. The number of carbonyl (C=O) groups excluding carboxylic acids is 1. The lowest BCUT2D eigenvalue weighted by Gasteiger charge is -2.13. The van der Waals surface area contributed by atoms with Crippen molar-refractivity contribution >= 4 is 29.2 Å². The Morgan fingerprint density at radius 1 is 1.04 bits per heavy atom. The first-order valence-corrected chi connectivity index (χ1v) is 8.89. The van der Waals surface area contributed by atoms with Crippen LogP contribution in [0.2, 0.25) is 0 Å². The van der Waals surface area contributed by atoms with Crippen molar-refractivity contribution in [3.63, 3.8) is 0 Å². The van der Waals surface area contributed by atoms with Crippen LogP contribution in [0.3, 0.4) is 0 Å². The summed E-state index contributed by atoms with van der Waals surface area (Å²) in [6.07, 6.45) is 6.25. The summed E-state index contributed by atoms with van der Waals surface area (Å²) in [7, 11) is 0. The van der Waals surface area contributed by atoms with E-state index in [1.807, 2.05) is 29.2 Å². The molecule has 1 amide bonds. The minimum atomic E-state index is 0.0663. The molecule has 0 atom stereocenters. The molecule has 0 unspecified atom stereocenters. The molecule has 3 heterocycles. The third-order valence-electron chi connectivity index (χ3n) is 4.27. The predicted molar refractivity (Wildman–Crippen MR) is 95.3 cm³/mol. The number of nitrogens with zero attached hydrogens (tertiary/aromatic N) is 2. The summed E-state index contributed by atoms with van der Waals surface area (Å²) in [4.78, 5) is 21.3. The number of fused-ring (bicyclic) bond motifs is 1. The van der Waals surface area contributed by atoms with Gasteiger partial charge in [-0.25, -0.2) is 4.99 Å². The normalized spacial score (nSPS) is 19.7. The monoisotopic (exact) mass is 322 g/mol. The van der Waals surface area contributed by atoms with Crippen molar-refractivity contribution < 1.29 is 4.79 Å². The third kappa shape index (κ3) is 2.86. The Morgan fingerprint density at radius 2 is 1.91 bits per heavy atom. The molecule has 0 bridgehead atoms. The first kappa shape index (κ1) is 14.4. The maximum absolute atomic E-state index is 12.5. The molecule has 23 heavy (non-hydrogen) atoms. The van der Waals surface area contributed by atoms with Gasteiger partial charge in [-0.05, 0) is 36.6 Å². The summed E-state index contributed by atoms with van der Waals surface area (Å²) < 4.78 is 0. The van der Waals surface area contributed by atoms with E-state index < -0.39 is 0 Å². The van der Waals surface area contributed by atoms with E-state index in [1.54, 1.807) is 11.3 Å². The van der Waals surface area contributed by atoms with E-state index in [2.05, 4.69) is 29.3 Å². The van der Waals surface area contributed by atoms with Crippen molar-refractivity contribution in [3.05, 3.63) is 53.0 Å². The van der Waals surface area contributed by atoms with Gasteiger partial charge in [0.2, 0.25) is 0 Å². The molecule has 0 N–H and O–H groups in total. The maximum atomic E-state index is 12.5. The molecule has 0 aliphatic carbocycles. The van der Waals surface area contributed by atoms with Crippen LogP contribution in [0.5, 0.6) is 0 Å². The number of benzene rings is 1. The zero-order valence-corrected chi connectivity index (χ0v) is 13.7. The SMILES string of the molecule is O=C1/C(=C\c2ccc(-c3ccccc3)s2)N=C2CCCCCN12. The van der Waals surface area contributed by atoms with Crippen molar-refractivity contribution in [1.82, 2.24) is 4.90 Å². The van der Waals surface area contributed by atoms with Gasteiger partial charge in [0.25, 0.3) is 5.91 Å². The zero-order chi connectivity index (χ0) is 15.6. The Kier molecular flexibility index (Phi) is 3.83. The van der Waals surface area contributed by atoms with Crippen molar-refractivity contribution in [1.29, 1.82) is 0 Å². The van der Waals surface area contributed by atoms with Gasteiger partial charge in [0.15, 0.2) is 0 Å². The standard InChI is InChI=1S/C19H18N2OS/c22-19-16(20-18-9-5-2-6-12-21(18)19)13-15-10-11-17(23-15)14-7-3-1-4-8-14/h1,3-4,7-8,10-11,13H,2,5-6,9,12H2/b16-13+. The van der Waals surface area contributed by atoms with Crippen LogP contribution in [0.1, 0.15) is 30.6 Å². The van der Waals surface area contributed by atoms with Crippen LogP contribution in [-0.4, -0.2) is 23.2 Å². The van der Waals surface area contributed by atoms with Crippen LogP contribution in [0.25, 0.3) is 16.5 Å². The lowest BCUT2D eigenvalue weighted by molar-refractivity contribution is -0.122. The molecule has 0 spiro atoms. The van der Waals surface area contributed by atoms with Crippen LogP contribution in [-0.2, 0) is 4.79 Å². The van der Waals surface area contributed by atoms with E-state index in [9.17, 15) is 4.79 Å². The number of rotatable bonds is 2. The number of carbonyl (C=O) groups is 1. The van der Waals surface area contributed by atoms with Gasteiger partial charge in [-0.15, -0.1) is 11.3 Å². The van der Waals surface area contributed by atoms with Gasteiger partial charge in [0.1, 0.15) is 11.5 Å².